The Morgan fingerprint density at radius 1 is 1.21 bits per heavy atom. The monoisotopic (exact) mass is 343 g/mol. The number of amides is 2. The predicted molar refractivity (Wildman–Crippen MR) is 89.4 cm³/mol. The normalized spacial score (nSPS) is 9.75. The van der Waals surface area contributed by atoms with E-state index in [-0.39, 0.29) is 21.9 Å². The number of nitrogens with zero attached hydrogens (tertiary/aromatic N) is 1. The molecule has 24 heavy (non-hydrogen) atoms. The summed E-state index contributed by atoms with van der Waals surface area (Å²) in [4.78, 5) is 23.4. The highest BCUT2D eigenvalue weighted by molar-refractivity contribution is 6.35. The van der Waals surface area contributed by atoms with Crippen LogP contribution in [-0.4, -0.2) is 18.9 Å². The highest BCUT2D eigenvalue weighted by atomic mass is 35.5. The number of hydrogen-bond acceptors (Lipinski definition) is 4. The molecule has 0 aliphatic rings. The average molecular weight is 344 g/mol. The first-order chi connectivity index (χ1) is 11.5. The molecule has 0 aliphatic carbocycles. The van der Waals surface area contributed by atoms with Crippen molar-refractivity contribution in [2.24, 2.45) is 0 Å². The molecule has 2 N–H and O–H groups in total. The summed E-state index contributed by atoms with van der Waals surface area (Å²) in [5.41, 5.74) is 5.83. The summed E-state index contributed by atoms with van der Waals surface area (Å²) in [7, 11) is 1.40. The molecule has 0 unspecified atom stereocenters. The lowest BCUT2D eigenvalue weighted by atomic mass is 9.98. The Bertz CT molecular complexity index is 829. The number of carbonyl (C=O) groups excluding carboxylic acids is 2. The van der Waals surface area contributed by atoms with Crippen LogP contribution >= 0.6 is 11.6 Å². The van der Waals surface area contributed by atoms with Crippen LogP contribution in [0.2, 0.25) is 5.02 Å². The van der Waals surface area contributed by atoms with Crippen LogP contribution in [-0.2, 0) is 4.79 Å². The number of benzene rings is 2. The third kappa shape index (κ3) is 3.47. The van der Waals surface area contributed by atoms with Crippen LogP contribution in [0.3, 0.4) is 0 Å². The predicted octanol–water partition coefficient (Wildman–Crippen LogP) is 2.67. The van der Waals surface area contributed by atoms with Crippen molar-refractivity contribution in [2.45, 2.75) is 6.92 Å². The minimum Gasteiger partial charge on any atom is -0.495 e. The molecule has 2 rings (SSSR count). The number of methoxy groups -OCH3 is 1. The fourth-order valence-corrected chi connectivity index (χ4v) is 2.45. The molecule has 0 radical (unpaired) electrons. The zero-order chi connectivity index (χ0) is 17.7. The number of hydrogen-bond donors (Lipinski definition) is 2. The standard InChI is InChI=1S/C17H14ClN3O3/c1-10(22)20-21-17(23)14-15(18)12(9-19)8-13(16(14)24-2)11-6-4-3-5-7-11/h3-8H,1-2H3,(H,20,22)(H,21,23). The van der Waals surface area contributed by atoms with E-state index in [2.05, 4.69) is 10.9 Å². The van der Waals surface area contributed by atoms with Crippen molar-refractivity contribution in [3.8, 4) is 22.9 Å². The van der Waals surface area contributed by atoms with Gasteiger partial charge in [-0.25, -0.2) is 0 Å². The Morgan fingerprint density at radius 2 is 1.88 bits per heavy atom. The van der Waals surface area contributed by atoms with Gasteiger partial charge in [-0.15, -0.1) is 0 Å². The molecule has 0 atom stereocenters. The van der Waals surface area contributed by atoms with Gasteiger partial charge < -0.3 is 4.74 Å². The van der Waals surface area contributed by atoms with E-state index < -0.39 is 11.8 Å². The molecular weight excluding hydrogens is 330 g/mol. The number of halogens is 1. The van der Waals surface area contributed by atoms with E-state index in [1.54, 1.807) is 6.07 Å². The topological polar surface area (TPSA) is 91.2 Å². The molecule has 0 heterocycles. The van der Waals surface area contributed by atoms with Crippen LogP contribution in [0.1, 0.15) is 22.8 Å². The van der Waals surface area contributed by atoms with Gasteiger partial charge >= 0.3 is 0 Å². The molecule has 0 saturated carbocycles. The smallest absolute Gasteiger partial charge is 0.275 e. The van der Waals surface area contributed by atoms with E-state index in [9.17, 15) is 14.9 Å². The van der Waals surface area contributed by atoms with Gasteiger partial charge in [0.15, 0.2) is 0 Å². The minimum atomic E-state index is -0.679. The highest BCUT2D eigenvalue weighted by Crippen LogP contribution is 2.39. The van der Waals surface area contributed by atoms with Gasteiger partial charge in [-0.05, 0) is 11.6 Å². The fraction of sp³-hybridized carbons (Fsp3) is 0.118. The molecule has 0 bridgehead atoms. The van der Waals surface area contributed by atoms with Crippen molar-refractivity contribution in [3.63, 3.8) is 0 Å². The van der Waals surface area contributed by atoms with E-state index in [4.69, 9.17) is 16.3 Å². The number of hydrazine groups is 1. The maximum absolute atomic E-state index is 12.4. The summed E-state index contributed by atoms with van der Waals surface area (Å²) in [5.74, 6) is -0.910. The third-order valence-electron chi connectivity index (χ3n) is 3.20. The molecule has 0 spiro atoms. The number of ether oxygens (including phenoxy) is 1. The lowest BCUT2D eigenvalue weighted by Gasteiger charge is -2.16. The van der Waals surface area contributed by atoms with Crippen LogP contribution in [0.5, 0.6) is 5.75 Å². The van der Waals surface area contributed by atoms with Gasteiger partial charge in [0.05, 0.1) is 17.7 Å². The second kappa shape index (κ2) is 7.49. The van der Waals surface area contributed by atoms with Crippen LogP contribution in [0.4, 0.5) is 0 Å². The van der Waals surface area contributed by atoms with Crippen LogP contribution in [0.25, 0.3) is 11.1 Å². The maximum Gasteiger partial charge on any atom is 0.275 e. The Balaban J connectivity index is 2.66. The molecule has 0 fully saturated rings. The van der Waals surface area contributed by atoms with Gasteiger partial charge in [0.25, 0.3) is 5.91 Å². The molecule has 2 amide bonds. The fourth-order valence-electron chi connectivity index (χ4n) is 2.18. The zero-order valence-corrected chi connectivity index (χ0v) is 13.8. The van der Waals surface area contributed by atoms with Gasteiger partial charge in [-0.3, -0.25) is 20.4 Å². The van der Waals surface area contributed by atoms with Gasteiger partial charge in [-0.2, -0.15) is 5.26 Å². The van der Waals surface area contributed by atoms with Gasteiger partial charge in [0.2, 0.25) is 5.91 Å². The summed E-state index contributed by atoms with van der Waals surface area (Å²) >= 11 is 6.19. The molecule has 2 aromatic carbocycles. The second-order valence-corrected chi connectivity index (χ2v) is 5.19. The zero-order valence-electron chi connectivity index (χ0n) is 13.0. The number of nitrogens with one attached hydrogen (secondary N) is 2. The molecular formula is C17H14ClN3O3. The average Bonchev–Trinajstić information content (AvgIpc) is 2.59. The quantitative estimate of drug-likeness (QED) is 0.838. The first-order valence-electron chi connectivity index (χ1n) is 6.92. The van der Waals surface area contributed by atoms with Gasteiger partial charge in [-0.1, -0.05) is 41.9 Å². The first kappa shape index (κ1) is 17.3. The van der Waals surface area contributed by atoms with Gasteiger partial charge in [0, 0.05) is 12.5 Å². The lowest BCUT2D eigenvalue weighted by Crippen LogP contribution is -2.40. The van der Waals surface area contributed by atoms with Crippen LogP contribution in [0, 0.1) is 11.3 Å². The van der Waals surface area contributed by atoms with Crippen molar-refractivity contribution in [1.82, 2.24) is 10.9 Å². The van der Waals surface area contributed by atoms with Crippen molar-refractivity contribution in [1.29, 1.82) is 5.26 Å². The van der Waals surface area contributed by atoms with E-state index in [0.29, 0.717) is 5.56 Å². The molecule has 2 aromatic rings. The summed E-state index contributed by atoms with van der Waals surface area (Å²) < 4.78 is 5.37. The van der Waals surface area contributed by atoms with Gasteiger partial charge in [0.1, 0.15) is 17.4 Å². The molecule has 6 nitrogen and oxygen atoms in total. The SMILES string of the molecule is COc1c(-c2ccccc2)cc(C#N)c(Cl)c1C(=O)NNC(C)=O. The summed E-state index contributed by atoms with van der Waals surface area (Å²) in [6, 6.07) is 12.7. The van der Waals surface area contributed by atoms with Crippen LogP contribution < -0.4 is 15.6 Å². The Kier molecular flexibility index (Phi) is 5.40. The number of nitriles is 1. The van der Waals surface area contributed by atoms with E-state index in [1.165, 1.54) is 14.0 Å². The lowest BCUT2D eigenvalue weighted by molar-refractivity contribution is -0.119. The molecule has 0 aliphatic heterocycles. The van der Waals surface area contributed by atoms with Crippen molar-refractivity contribution in [2.75, 3.05) is 7.11 Å². The Hall–Kier alpha value is -3.04. The maximum atomic E-state index is 12.4. The summed E-state index contributed by atoms with van der Waals surface area (Å²) in [6.45, 7) is 1.25. The van der Waals surface area contributed by atoms with Crippen molar-refractivity contribution >= 4 is 23.4 Å². The van der Waals surface area contributed by atoms with E-state index in [0.717, 1.165) is 5.56 Å². The van der Waals surface area contributed by atoms with E-state index >= 15 is 0 Å². The Labute approximate surface area is 144 Å². The molecule has 0 saturated heterocycles. The first-order valence-corrected chi connectivity index (χ1v) is 7.30. The number of rotatable bonds is 3. The number of carbonyl (C=O) groups is 2. The second-order valence-electron chi connectivity index (χ2n) is 4.81. The largest absolute Gasteiger partial charge is 0.495 e. The highest BCUT2D eigenvalue weighted by Gasteiger charge is 2.24. The Morgan fingerprint density at radius 3 is 2.42 bits per heavy atom. The van der Waals surface area contributed by atoms with Crippen molar-refractivity contribution in [3.05, 3.63) is 52.5 Å². The van der Waals surface area contributed by atoms with Crippen LogP contribution in [0.15, 0.2) is 36.4 Å². The minimum absolute atomic E-state index is 0.0224. The van der Waals surface area contributed by atoms with E-state index in [1.807, 2.05) is 36.4 Å². The molecule has 122 valence electrons. The summed E-state index contributed by atoms with van der Waals surface area (Å²) in [5, 5.41) is 9.26. The third-order valence-corrected chi connectivity index (χ3v) is 3.60. The summed E-state index contributed by atoms with van der Waals surface area (Å²) in [6.07, 6.45) is 0. The molecule has 0 aromatic heterocycles. The van der Waals surface area contributed by atoms with Crippen molar-refractivity contribution < 1.29 is 14.3 Å². The molecule has 7 heteroatoms.